The van der Waals surface area contributed by atoms with Crippen LogP contribution in [0.3, 0.4) is 0 Å². The van der Waals surface area contributed by atoms with Gasteiger partial charge in [0.05, 0.1) is 11.5 Å². The first kappa shape index (κ1) is 26.8. The van der Waals surface area contributed by atoms with E-state index in [4.69, 9.17) is 5.73 Å². The Labute approximate surface area is 209 Å². The van der Waals surface area contributed by atoms with Crippen LogP contribution in [0.15, 0.2) is 24.3 Å². The number of benzene rings is 1. The highest BCUT2D eigenvalue weighted by Gasteiger charge is 2.42. The molecule has 3 fully saturated rings. The highest BCUT2D eigenvalue weighted by molar-refractivity contribution is 7.86. The van der Waals surface area contributed by atoms with E-state index in [0.29, 0.717) is 57.3 Å². The van der Waals surface area contributed by atoms with Gasteiger partial charge in [-0.25, -0.2) is 0 Å². The van der Waals surface area contributed by atoms with E-state index in [0.717, 1.165) is 12.1 Å². The molecule has 3 saturated heterocycles. The van der Waals surface area contributed by atoms with Gasteiger partial charge in [0.2, 0.25) is 11.8 Å². The van der Waals surface area contributed by atoms with Crippen LogP contribution in [0, 0.1) is 5.92 Å². The minimum Gasteiger partial charge on any atom is -0.350 e. The predicted molar refractivity (Wildman–Crippen MR) is 125 cm³/mol. The fraction of sp³-hybridized carbons (Fsp3) is 0.652. The number of piperidine rings is 1. The molecule has 1 aromatic carbocycles. The van der Waals surface area contributed by atoms with E-state index >= 15 is 0 Å². The third-order valence-electron chi connectivity index (χ3n) is 7.16. The Morgan fingerprint density at radius 1 is 0.972 bits per heavy atom. The van der Waals surface area contributed by atoms with Gasteiger partial charge in [-0.2, -0.15) is 30.2 Å². The molecule has 3 aliphatic heterocycles. The average molecular weight is 532 g/mol. The van der Waals surface area contributed by atoms with E-state index in [1.165, 1.54) is 25.6 Å². The van der Waals surface area contributed by atoms with Crippen LogP contribution >= 0.6 is 0 Å². The van der Waals surface area contributed by atoms with Crippen molar-refractivity contribution < 1.29 is 31.2 Å². The molecule has 3 heterocycles. The van der Waals surface area contributed by atoms with Crippen LogP contribution < -0.4 is 11.1 Å². The minimum absolute atomic E-state index is 0.0446. The largest absolute Gasteiger partial charge is 0.416 e. The number of carbonyl (C=O) groups excluding carboxylic acids is 2. The van der Waals surface area contributed by atoms with Gasteiger partial charge >= 0.3 is 6.18 Å². The Hall–Kier alpha value is -2.22. The lowest BCUT2D eigenvalue weighted by Crippen LogP contribution is -2.53. The zero-order chi connectivity index (χ0) is 26.1. The van der Waals surface area contributed by atoms with Crippen molar-refractivity contribution in [3.63, 3.8) is 0 Å². The molecule has 0 spiro atoms. The molecule has 2 amide bonds. The Bertz CT molecular complexity index is 1070. The number of halogens is 3. The van der Waals surface area contributed by atoms with Gasteiger partial charge in [-0.1, -0.05) is 12.1 Å². The fourth-order valence-corrected chi connectivity index (χ4v) is 6.91. The Morgan fingerprint density at radius 2 is 1.64 bits per heavy atom. The summed E-state index contributed by atoms with van der Waals surface area (Å²) in [6.07, 6.45) is -1.61. The second-order valence-electron chi connectivity index (χ2n) is 9.71. The standard InChI is InChI=1S/C23H32F3N5O4S/c24-23(25,26)18-7-5-16(6-8-18)13-28-21(32)20-4-2-11-31(20)22(33)17-3-1-10-29(14-17)36(34,35)30-12-9-19(27)15-30/h5-8,17,19-20H,1-4,9-15,27H2,(H,28,32)/t17-,19+,20+/m0/s1. The van der Waals surface area contributed by atoms with Gasteiger partial charge in [0.25, 0.3) is 10.2 Å². The Balaban J connectivity index is 1.35. The second kappa shape index (κ2) is 10.6. The quantitative estimate of drug-likeness (QED) is 0.574. The maximum atomic E-state index is 13.4. The van der Waals surface area contributed by atoms with Gasteiger partial charge < -0.3 is 16.0 Å². The number of nitrogens with one attached hydrogen (secondary N) is 1. The number of amides is 2. The molecule has 1 aromatic rings. The number of hydrogen-bond acceptors (Lipinski definition) is 5. The van der Waals surface area contributed by atoms with Crippen molar-refractivity contribution in [1.82, 2.24) is 18.8 Å². The van der Waals surface area contributed by atoms with Crippen LogP contribution in [-0.2, 0) is 32.5 Å². The lowest BCUT2D eigenvalue weighted by Gasteiger charge is -2.36. The summed E-state index contributed by atoms with van der Waals surface area (Å²) in [5, 5.41) is 2.72. The molecule has 200 valence electrons. The number of nitrogens with two attached hydrogens (primary N) is 1. The number of likely N-dealkylation sites (tertiary alicyclic amines) is 1. The minimum atomic E-state index is -4.43. The molecule has 0 bridgehead atoms. The normalized spacial score (nSPS) is 26.3. The number of hydrogen-bond donors (Lipinski definition) is 2. The summed E-state index contributed by atoms with van der Waals surface area (Å²) in [6, 6.07) is 3.68. The van der Waals surface area contributed by atoms with E-state index in [9.17, 15) is 31.2 Å². The van der Waals surface area contributed by atoms with Crippen LogP contribution in [0.5, 0.6) is 0 Å². The van der Waals surface area contributed by atoms with E-state index in [-0.39, 0.29) is 37.5 Å². The molecule has 3 N–H and O–H groups in total. The third-order valence-corrected chi connectivity index (χ3v) is 9.13. The van der Waals surface area contributed by atoms with Crippen LogP contribution in [0.25, 0.3) is 0 Å². The van der Waals surface area contributed by atoms with Gasteiger partial charge in [0.1, 0.15) is 6.04 Å². The molecule has 4 rings (SSSR count). The molecule has 36 heavy (non-hydrogen) atoms. The van der Waals surface area contributed by atoms with Crippen molar-refractivity contribution in [2.45, 2.75) is 56.9 Å². The summed E-state index contributed by atoms with van der Waals surface area (Å²) in [4.78, 5) is 27.7. The molecule has 9 nitrogen and oxygen atoms in total. The molecule has 0 saturated carbocycles. The van der Waals surface area contributed by atoms with Crippen LogP contribution in [0.4, 0.5) is 13.2 Å². The zero-order valence-electron chi connectivity index (χ0n) is 19.9. The maximum absolute atomic E-state index is 13.4. The van der Waals surface area contributed by atoms with Crippen LogP contribution in [0.2, 0.25) is 0 Å². The van der Waals surface area contributed by atoms with Crippen molar-refractivity contribution in [2.24, 2.45) is 11.7 Å². The maximum Gasteiger partial charge on any atom is 0.416 e. The monoisotopic (exact) mass is 531 g/mol. The molecular formula is C23H32F3N5O4S. The molecule has 0 radical (unpaired) electrons. The lowest BCUT2D eigenvalue weighted by molar-refractivity contribution is -0.142. The number of nitrogens with zero attached hydrogens (tertiary/aromatic N) is 3. The second-order valence-corrected chi connectivity index (χ2v) is 11.6. The van der Waals surface area contributed by atoms with Gasteiger partial charge in [-0.05, 0) is 49.8 Å². The Morgan fingerprint density at radius 3 is 2.28 bits per heavy atom. The molecule has 0 aliphatic carbocycles. The van der Waals surface area contributed by atoms with E-state index in [1.807, 2.05) is 0 Å². The first-order chi connectivity index (χ1) is 17.0. The van der Waals surface area contributed by atoms with E-state index in [2.05, 4.69) is 5.32 Å². The molecular weight excluding hydrogens is 499 g/mol. The third kappa shape index (κ3) is 5.84. The van der Waals surface area contributed by atoms with Crippen molar-refractivity contribution in [1.29, 1.82) is 0 Å². The summed E-state index contributed by atoms with van der Waals surface area (Å²) < 4.78 is 67.0. The van der Waals surface area contributed by atoms with Gasteiger partial charge in [0, 0.05) is 45.3 Å². The molecule has 0 aromatic heterocycles. The topological polar surface area (TPSA) is 116 Å². The van der Waals surface area contributed by atoms with Gasteiger partial charge in [0.15, 0.2) is 0 Å². The molecule has 3 atom stereocenters. The van der Waals surface area contributed by atoms with E-state index in [1.54, 1.807) is 0 Å². The summed E-state index contributed by atoms with van der Waals surface area (Å²) in [7, 11) is -3.70. The van der Waals surface area contributed by atoms with Gasteiger partial charge in [-0.3, -0.25) is 9.59 Å². The molecule has 3 aliphatic rings. The molecule has 13 heteroatoms. The highest BCUT2D eigenvalue weighted by Crippen LogP contribution is 2.30. The summed E-state index contributed by atoms with van der Waals surface area (Å²) in [5.74, 6) is -1.14. The van der Waals surface area contributed by atoms with Crippen molar-refractivity contribution in [3.05, 3.63) is 35.4 Å². The smallest absolute Gasteiger partial charge is 0.350 e. The van der Waals surface area contributed by atoms with Crippen LogP contribution in [0.1, 0.15) is 43.2 Å². The number of alkyl halides is 3. The zero-order valence-corrected chi connectivity index (χ0v) is 20.7. The van der Waals surface area contributed by atoms with Crippen molar-refractivity contribution in [3.8, 4) is 0 Å². The van der Waals surface area contributed by atoms with E-state index < -0.39 is 33.9 Å². The van der Waals surface area contributed by atoms with Crippen LogP contribution in [-0.4, -0.2) is 78.5 Å². The first-order valence-electron chi connectivity index (χ1n) is 12.2. The first-order valence-corrected chi connectivity index (χ1v) is 13.6. The number of carbonyl (C=O) groups is 2. The molecule has 0 unspecified atom stereocenters. The fourth-order valence-electron chi connectivity index (χ4n) is 5.14. The highest BCUT2D eigenvalue weighted by atomic mass is 32.2. The lowest BCUT2D eigenvalue weighted by atomic mass is 9.97. The number of rotatable bonds is 6. The summed E-state index contributed by atoms with van der Waals surface area (Å²) in [6.45, 7) is 1.50. The van der Waals surface area contributed by atoms with Gasteiger partial charge in [-0.15, -0.1) is 0 Å². The predicted octanol–water partition coefficient (Wildman–Crippen LogP) is 1.30. The van der Waals surface area contributed by atoms with Crippen molar-refractivity contribution >= 4 is 22.0 Å². The summed E-state index contributed by atoms with van der Waals surface area (Å²) in [5.41, 5.74) is 5.62. The average Bonchev–Trinajstić information content (AvgIpc) is 3.51. The van der Waals surface area contributed by atoms with Crippen molar-refractivity contribution in [2.75, 3.05) is 32.7 Å². The Kier molecular flexibility index (Phi) is 7.93. The SMILES string of the molecule is N[C@@H]1CCN(S(=O)(=O)N2CCC[C@H](C(=O)N3CCC[C@@H]3C(=O)NCc3ccc(C(F)(F)F)cc3)C2)C1. The summed E-state index contributed by atoms with van der Waals surface area (Å²) >= 11 is 0.